The van der Waals surface area contributed by atoms with Gasteiger partial charge in [0.2, 0.25) is 0 Å². The van der Waals surface area contributed by atoms with Gasteiger partial charge in [0.15, 0.2) is 11.6 Å². The Morgan fingerprint density at radius 3 is 2.36 bits per heavy atom. The van der Waals surface area contributed by atoms with Crippen molar-refractivity contribution < 1.29 is 9.32 Å². The summed E-state index contributed by atoms with van der Waals surface area (Å²) in [4.78, 5) is 19.2. The molecule has 0 radical (unpaired) electrons. The quantitative estimate of drug-likeness (QED) is 0.804. The molecule has 150 valence electrons. The number of carbonyl (C=O) groups is 1. The van der Waals surface area contributed by atoms with Crippen LogP contribution in [0.3, 0.4) is 0 Å². The summed E-state index contributed by atoms with van der Waals surface area (Å²) in [5.74, 6) is 2.41. The number of nitrogens with zero attached hydrogens (tertiary/aromatic N) is 6. The zero-order valence-electron chi connectivity index (χ0n) is 16.9. The van der Waals surface area contributed by atoms with Gasteiger partial charge in [-0.15, -0.1) is 10.2 Å². The van der Waals surface area contributed by atoms with Gasteiger partial charge in [-0.25, -0.2) is 0 Å². The van der Waals surface area contributed by atoms with Crippen molar-refractivity contribution in [2.24, 2.45) is 0 Å². The number of piperazine rings is 1. The summed E-state index contributed by atoms with van der Waals surface area (Å²) in [5, 5.41) is 12.8. The van der Waals surface area contributed by atoms with E-state index >= 15 is 0 Å². The number of hydrogen-bond donors (Lipinski definition) is 0. The fourth-order valence-corrected chi connectivity index (χ4v) is 4.16. The van der Waals surface area contributed by atoms with Crippen molar-refractivity contribution in [1.29, 1.82) is 0 Å². The molecule has 2 aromatic heterocycles. The lowest BCUT2D eigenvalue weighted by Gasteiger charge is -2.36. The molecule has 8 heteroatoms. The Morgan fingerprint density at radius 2 is 1.75 bits per heavy atom. The molecule has 2 saturated heterocycles. The van der Waals surface area contributed by atoms with Gasteiger partial charge in [-0.2, -0.15) is 0 Å². The summed E-state index contributed by atoms with van der Waals surface area (Å²) in [7, 11) is 0. The van der Waals surface area contributed by atoms with Crippen LogP contribution in [-0.4, -0.2) is 64.9 Å². The normalized spacial score (nSPS) is 20.5. The van der Waals surface area contributed by atoms with Crippen LogP contribution in [0.25, 0.3) is 0 Å². The summed E-state index contributed by atoms with van der Waals surface area (Å²) < 4.78 is 5.14. The molecule has 1 amide bonds. The van der Waals surface area contributed by atoms with Crippen LogP contribution in [0.5, 0.6) is 0 Å². The maximum atomic E-state index is 12.8. The van der Waals surface area contributed by atoms with Crippen LogP contribution in [0.15, 0.2) is 16.7 Å². The Labute approximate surface area is 165 Å². The lowest BCUT2D eigenvalue weighted by atomic mass is 10.0. The number of hydrogen-bond acceptors (Lipinski definition) is 7. The highest BCUT2D eigenvalue weighted by Gasteiger charge is 2.27. The summed E-state index contributed by atoms with van der Waals surface area (Å²) in [6, 6.07) is 4.65. The third kappa shape index (κ3) is 3.55. The Morgan fingerprint density at radius 1 is 1.04 bits per heavy atom. The van der Waals surface area contributed by atoms with Crippen molar-refractivity contribution in [1.82, 2.24) is 20.3 Å². The minimum atomic E-state index is -0.00332. The lowest BCUT2D eigenvalue weighted by molar-refractivity contribution is 0.0744. The molecule has 0 bridgehead atoms. The number of carbonyl (C=O) groups excluding carboxylic acids is 1. The highest BCUT2D eigenvalue weighted by Crippen LogP contribution is 2.24. The van der Waals surface area contributed by atoms with E-state index in [9.17, 15) is 4.79 Å². The standard InChI is InChI=1S/C20H28N6O2/c1-14-6-4-5-9-26(14)18-8-7-17(21-22-18)24-10-12-25(13-11-24)20(27)19-15(2)23-28-16(19)3/h7-8,14H,4-6,9-13H2,1-3H3. The molecule has 0 saturated carbocycles. The van der Waals surface area contributed by atoms with Crippen molar-refractivity contribution in [3.05, 3.63) is 29.2 Å². The van der Waals surface area contributed by atoms with Crippen molar-refractivity contribution >= 4 is 17.5 Å². The molecule has 1 unspecified atom stereocenters. The lowest BCUT2D eigenvalue weighted by Crippen LogP contribution is -2.49. The van der Waals surface area contributed by atoms with E-state index in [4.69, 9.17) is 4.52 Å². The second kappa shape index (κ2) is 7.77. The van der Waals surface area contributed by atoms with E-state index in [1.54, 1.807) is 13.8 Å². The first-order valence-electron chi connectivity index (χ1n) is 10.1. The summed E-state index contributed by atoms with van der Waals surface area (Å²) in [5.41, 5.74) is 1.24. The zero-order chi connectivity index (χ0) is 19.7. The number of anilines is 2. The molecule has 2 aliphatic heterocycles. The fourth-order valence-electron chi connectivity index (χ4n) is 4.16. The maximum Gasteiger partial charge on any atom is 0.259 e. The first kappa shape index (κ1) is 18.7. The number of rotatable bonds is 3. The average molecular weight is 384 g/mol. The van der Waals surface area contributed by atoms with Gasteiger partial charge in [0.1, 0.15) is 11.3 Å². The molecule has 1 atom stereocenters. The highest BCUT2D eigenvalue weighted by molar-refractivity contribution is 5.96. The van der Waals surface area contributed by atoms with Gasteiger partial charge in [0.05, 0.1) is 5.69 Å². The van der Waals surface area contributed by atoms with Gasteiger partial charge in [0, 0.05) is 38.8 Å². The van der Waals surface area contributed by atoms with E-state index < -0.39 is 0 Å². The van der Waals surface area contributed by atoms with Gasteiger partial charge in [-0.1, -0.05) is 5.16 Å². The molecular weight excluding hydrogens is 356 g/mol. The monoisotopic (exact) mass is 384 g/mol. The average Bonchev–Trinajstić information content (AvgIpc) is 3.06. The molecule has 2 aromatic rings. The minimum Gasteiger partial charge on any atom is -0.361 e. The third-order valence-electron chi connectivity index (χ3n) is 5.87. The molecule has 2 fully saturated rings. The Kier molecular flexibility index (Phi) is 5.19. The number of amides is 1. The first-order chi connectivity index (χ1) is 13.5. The summed E-state index contributed by atoms with van der Waals surface area (Å²) >= 11 is 0. The van der Waals surface area contributed by atoms with Crippen LogP contribution in [0, 0.1) is 13.8 Å². The van der Waals surface area contributed by atoms with E-state index in [0.717, 1.165) is 31.3 Å². The molecule has 28 heavy (non-hydrogen) atoms. The second-order valence-electron chi connectivity index (χ2n) is 7.77. The van der Waals surface area contributed by atoms with Gasteiger partial charge in [-0.05, 0) is 52.2 Å². The Bertz CT molecular complexity index is 806. The van der Waals surface area contributed by atoms with Crippen LogP contribution in [0.1, 0.15) is 48.0 Å². The molecule has 0 aliphatic carbocycles. The van der Waals surface area contributed by atoms with E-state index in [1.165, 1.54) is 19.3 Å². The molecule has 4 heterocycles. The highest BCUT2D eigenvalue weighted by atomic mass is 16.5. The molecule has 0 aromatic carbocycles. The Balaban J connectivity index is 1.38. The van der Waals surface area contributed by atoms with Crippen LogP contribution in [0.2, 0.25) is 0 Å². The SMILES string of the molecule is Cc1noc(C)c1C(=O)N1CCN(c2ccc(N3CCCCC3C)nn2)CC1. The van der Waals surface area contributed by atoms with E-state index in [1.807, 2.05) is 4.90 Å². The van der Waals surface area contributed by atoms with Crippen LogP contribution < -0.4 is 9.80 Å². The molecule has 2 aliphatic rings. The molecular formula is C20H28N6O2. The number of aromatic nitrogens is 3. The summed E-state index contributed by atoms with van der Waals surface area (Å²) in [6.07, 6.45) is 3.72. The largest absolute Gasteiger partial charge is 0.361 e. The van der Waals surface area contributed by atoms with E-state index in [2.05, 4.69) is 44.2 Å². The van der Waals surface area contributed by atoms with Gasteiger partial charge < -0.3 is 19.2 Å². The molecule has 8 nitrogen and oxygen atoms in total. The Hall–Kier alpha value is -2.64. The zero-order valence-corrected chi connectivity index (χ0v) is 16.9. The third-order valence-corrected chi connectivity index (χ3v) is 5.87. The van der Waals surface area contributed by atoms with Crippen molar-refractivity contribution in [2.75, 3.05) is 42.5 Å². The van der Waals surface area contributed by atoms with Crippen LogP contribution >= 0.6 is 0 Å². The first-order valence-corrected chi connectivity index (χ1v) is 10.1. The van der Waals surface area contributed by atoms with Crippen molar-refractivity contribution in [3.8, 4) is 0 Å². The van der Waals surface area contributed by atoms with Crippen molar-refractivity contribution in [2.45, 2.75) is 46.1 Å². The number of piperidine rings is 1. The molecule has 4 rings (SSSR count). The smallest absolute Gasteiger partial charge is 0.259 e. The van der Waals surface area contributed by atoms with Gasteiger partial charge >= 0.3 is 0 Å². The predicted molar refractivity (Wildman–Crippen MR) is 107 cm³/mol. The van der Waals surface area contributed by atoms with Crippen LogP contribution in [0.4, 0.5) is 11.6 Å². The van der Waals surface area contributed by atoms with Gasteiger partial charge in [0.25, 0.3) is 5.91 Å². The minimum absolute atomic E-state index is 0.00332. The topological polar surface area (TPSA) is 78.6 Å². The molecule has 0 spiro atoms. The predicted octanol–water partition coefficient (Wildman–Crippen LogP) is 2.42. The van der Waals surface area contributed by atoms with Crippen molar-refractivity contribution in [3.63, 3.8) is 0 Å². The second-order valence-corrected chi connectivity index (χ2v) is 7.77. The number of aryl methyl sites for hydroxylation is 2. The van der Waals surface area contributed by atoms with E-state index in [-0.39, 0.29) is 5.91 Å². The maximum absolute atomic E-state index is 12.8. The van der Waals surface area contributed by atoms with E-state index in [0.29, 0.717) is 36.1 Å². The van der Waals surface area contributed by atoms with Crippen LogP contribution in [-0.2, 0) is 0 Å². The fraction of sp³-hybridized carbons (Fsp3) is 0.600. The summed E-state index contributed by atoms with van der Waals surface area (Å²) in [6.45, 7) is 9.67. The van der Waals surface area contributed by atoms with Gasteiger partial charge in [-0.3, -0.25) is 4.79 Å². The molecule has 0 N–H and O–H groups in total.